The van der Waals surface area contributed by atoms with E-state index in [0.29, 0.717) is 48.9 Å². The van der Waals surface area contributed by atoms with E-state index >= 15 is 0 Å². The standard InChI is InChI=1S/C30H27N5O5/c1-31-30(38)33-21-7-8-24-23(16-21)27(36)25(40-24)15-20-17-34(2)28-26(20)22(9-10-32-28)18-3-5-19(6-4-18)29(37)35-11-13-39-14-12-35/h3-10,15-17H,11-14H2,1-2H3,(H2,31,33,38). The monoisotopic (exact) mass is 537 g/mol. The van der Waals surface area contributed by atoms with Crippen LogP contribution in [0.3, 0.4) is 0 Å². The van der Waals surface area contributed by atoms with Crippen LogP contribution in [-0.2, 0) is 11.8 Å². The molecule has 0 unspecified atom stereocenters. The van der Waals surface area contributed by atoms with Gasteiger partial charge in [0, 0.05) is 61.8 Å². The summed E-state index contributed by atoms with van der Waals surface area (Å²) in [6, 6.07) is 14.0. The lowest BCUT2D eigenvalue weighted by Crippen LogP contribution is -2.40. The topological polar surface area (TPSA) is 115 Å². The highest BCUT2D eigenvalue weighted by Crippen LogP contribution is 2.37. The van der Waals surface area contributed by atoms with Gasteiger partial charge < -0.3 is 29.6 Å². The van der Waals surface area contributed by atoms with Crippen molar-refractivity contribution >= 4 is 40.5 Å². The molecule has 2 aromatic heterocycles. The highest BCUT2D eigenvalue weighted by Gasteiger charge is 2.28. The van der Waals surface area contributed by atoms with Crippen LogP contribution in [0.1, 0.15) is 26.3 Å². The van der Waals surface area contributed by atoms with Crippen LogP contribution in [0.25, 0.3) is 28.2 Å². The summed E-state index contributed by atoms with van der Waals surface area (Å²) in [6.45, 7) is 2.28. The van der Waals surface area contributed by atoms with E-state index in [1.807, 2.05) is 48.1 Å². The number of allylic oxidation sites excluding steroid dienone is 1. The SMILES string of the molecule is CNC(=O)Nc1ccc2c(c1)C(=O)C(=Cc1cn(C)c3nccc(-c4ccc(C(=O)N5CCOCC5)cc4)c13)O2. The molecular weight excluding hydrogens is 510 g/mol. The number of urea groups is 1. The van der Waals surface area contributed by atoms with Crippen molar-refractivity contribution in [3.8, 4) is 16.9 Å². The maximum absolute atomic E-state index is 13.3. The number of anilines is 1. The van der Waals surface area contributed by atoms with E-state index < -0.39 is 0 Å². The molecule has 2 aliphatic rings. The Labute approximate surface area is 230 Å². The Balaban J connectivity index is 1.33. The number of hydrogen-bond donors (Lipinski definition) is 2. The summed E-state index contributed by atoms with van der Waals surface area (Å²) in [6.07, 6.45) is 5.37. The van der Waals surface area contributed by atoms with Gasteiger partial charge in [-0.25, -0.2) is 9.78 Å². The zero-order valence-corrected chi connectivity index (χ0v) is 22.1. The van der Waals surface area contributed by atoms with Crippen molar-refractivity contribution in [3.05, 3.63) is 83.4 Å². The third-order valence-corrected chi connectivity index (χ3v) is 7.07. The molecule has 2 N–H and O–H groups in total. The van der Waals surface area contributed by atoms with Crippen LogP contribution in [-0.4, -0.2) is 65.5 Å². The largest absolute Gasteiger partial charge is 0.452 e. The lowest BCUT2D eigenvalue weighted by atomic mass is 9.99. The number of pyridine rings is 1. The van der Waals surface area contributed by atoms with Gasteiger partial charge >= 0.3 is 6.03 Å². The lowest BCUT2D eigenvalue weighted by molar-refractivity contribution is 0.0303. The van der Waals surface area contributed by atoms with E-state index in [9.17, 15) is 14.4 Å². The van der Waals surface area contributed by atoms with Gasteiger partial charge in [-0.1, -0.05) is 12.1 Å². The zero-order chi connectivity index (χ0) is 27.8. The minimum absolute atomic E-state index is 0.00926. The molecule has 1 saturated heterocycles. The summed E-state index contributed by atoms with van der Waals surface area (Å²) in [4.78, 5) is 44.2. The Morgan fingerprint density at radius 2 is 1.80 bits per heavy atom. The molecular formula is C30H27N5O5. The molecule has 202 valence electrons. The van der Waals surface area contributed by atoms with Crippen LogP contribution in [0.5, 0.6) is 5.75 Å². The zero-order valence-electron chi connectivity index (χ0n) is 22.1. The number of morpholine rings is 1. The Bertz CT molecular complexity index is 1680. The molecule has 0 bridgehead atoms. The number of carbonyl (C=O) groups is 3. The van der Waals surface area contributed by atoms with Crippen molar-refractivity contribution in [2.45, 2.75) is 0 Å². The maximum Gasteiger partial charge on any atom is 0.318 e. The van der Waals surface area contributed by atoms with E-state index in [0.717, 1.165) is 27.7 Å². The molecule has 2 aliphatic heterocycles. The number of amides is 3. The first-order valence-electron chi connectivity index (χ1n) is 12.9. The fraction of sp³-hybridized carbons (Fsp3) is 0.200. The molecule has 2 aromatic carbocycles. The van der Waals surface area contributed by atoms with Gasteiger partial charge in [0.05, 0.1) is 18.8 Å². The molecule has 10 heteroatoms. The van der Waals surface area contributed by atoms with Crippen molar-refractivity contribution < 1.29 is 23.9 Å². The average Bonchev–Trinajstić information content (AvgIpc) is 3.48. The van der Waals surface area contributed by atoms with Crippen LogP contribution in [0.15, 0.2) is 66.7 Å². The third kappa shape index (κ3) is 4.58. The third-order valence-electron chi connectivity index (χ3n) is 7.07. The summed E-state index contributed by atoms with van der Waals surface area (Å²) in [5.74, 6) is 0.327. The van der Waals surface area contributed by atoms with E-state index in [1.54, 1.807) is 35.4 Å². The fourth-order valence-corrected chi connectivity index (χ4v) is 5.03. The van der Waals surface area contributed by atoms with Gasteiger partial charge in [0.15, 0.2) is 5.76 Å². The van der Waals surface area contributed by atoms with Gasteiger partial charge in [-0.3, -0.25) is 9.59 Å². The molecule has 0 saturated carbocycles. The molecule has 3 amide bonds. The Morgan fingerprint density at radius 3 is 2.55 bits per heavy atom. The Kier molecular flexibility index (Phi) is 6.53. The summed E-state index contributed by atoms with van der Waals surface area (Å²) in [5.41, 5.74) is 4.85. The highest BCUT2D eigenvalue weighted by molar-refractivity contribution is 6.16. The number of fused-ring (bicyclic) bond motifs is 2. The number of aromatic nitrogens is 2. The number of benzene rings is 2. The van der Waals surface area contributed by atoms with Gasteiger partial charge in [0.2, 0.25) is 5.78 Å². The molecule has 0 radical (unpaired) electrons. The van der Waals surface area contributed by atoms with Gasteiger partial charge in [0.1, 0.15) is 11.4 Å². The summed E-state index contributed by atoms with van der Waals surface area (Å²) in [5, 5.41) is 6.02. The molecule has 1 fully saturated rings. The van der Waals surface area contributed by atoms with Crippen LogP contribution < -0.4 is 15.4 Å². The van der Waals surface area contributed by atoms with Gasteiger partial charge in [-0.2, -0.15) is 0 Å². The predicted octanol–water partition coefficient (Wildman–Crippen LogP) is 4.08. The van der Waals surface area contributed by atoms with Crippen LogP contribution >= 0.6 is 0 Å². The first kappa shape index (κ1) is 25.3. The van der Waals surface area contributed by atoms with Gasteiger partial charge in [-0.15, -0.1) is 0 Å². The quantitative estimate of drug-likeness (QED) is 0.379. The first-order chi connectivity index (χ1) is 19.4. The van der Waals surface area contributed by atoms with E-state index in [-0.39, 0.29) is 23.5 Å². The maximum atomic E-state index is 13.3. The van der Waals surface area contributed by atoms with E-state index in [1.165, 1.54) is 7.05 Å². The molecule has 6 rings (SSSR count). The molecule has 0 spiro atoms. The number of nitrogens with zero attached hydrogens (tertiary/aromatic N) is 3. The lowest BCUT2D eigenvalue weighted by Gasteiger charge is -2.26. The molecule has 4 aromatic rings. The smallest absolute Gasteiger partial charge is 0.318 e. The second kappa shape index (κ2) is 10.3. The van der Waals surface area contributed by atoms with Gasteiger partial charge in [0.25, 0.3) is 5.91 Å². The van der Waals surface area contributed by atoms with Crippen molar-refractivity contribution in [2.24, 2.45) is 7.05 Å². The van der Waals surface area contributed by atoms with Crippen LogP contribution in [0.4, 0.5) is 10.5 Å². The molecule has 40 heavy (non-hydrogen) atoms. The molecule has 4 heterocycles. The van der Waals surface area contributed by atoms with Crippen molar-refractivity contribution in [3.63, 3.8) is 0 Å². The number of carbonyl (C=O) groups excluding carboxylic acids is 3. The van der Waals surface area contributed by atoms with Crippen molar-refractivity contribution in [1.82, 2.24) is 19.8 Å². The number of ether oxygens (including phenoxy) is 2. The minimum Gasteiger partial charge on any atom is -0.452 e. The van der Waals surface area contributed by atoms with Gasteiger partial charge in [-0.05, 0) is 53.6 Å². The summed E-state index contributed by atoms with van der Waals surface area (Å²) in [7, 11) is 3.42. The molecule has 0 aliphatic carbocycles. The Hall–Kier alpha value is -4.96. The normalized spacial score (nSPS) is 15.7. The fourth-order valence-electron chi connectivity index (χ4n) is 5.03. The number of ketones is 1. The molecule has 0 atom stereocenters. The average molecular weight is 538 g/mol. The van der Waals surface area contributed by atoms with Crippen LogP contribution in [0, 0.1) is 0 Å². The molecule has 10 nitrogen and oxygen atoms in total. The number of rotatable bonds is 4. The first-order valence-corrected chi connectivity index (χ1v) is 12.9. The number of nitrogens with one attached hydrogen (secondary N) is 2. The van der Waals surface area contributed by atoms with Crippen molar-refractivity contribution in [1.29, 1.82) is 0 Å². The second-order valence-corrected chi connectivity index (χ2v) is 9.59. The minimum atomic E-state index is -0.378. The predicted molar refractivity (Wildman–Crippen MR) is 150 cm³/mol. The Morgan fingerprint density at radius 1 is 1.02 bits per heavy atom. The number of aryl methyl sites for hydroxylation is 1. The second-order valence-electron chi connectivity index (χ2n) is 9.59. The number of hydrogen-bond acceptors (Lipinski definition) is 6. The van der Waals surface area contributed by atoms with E-state index in [4.69, 9.17) is 9.47 Å². The summed E-state index contributed by atoms with van der Waals surface area (Å²) >= 11 is 0. The highest BCUT2D eigenvalue weighted by atomic mass is 16.5. The summed E-state index contributed by atoms with van der Waals surface area (Å²) < 4.78 is 13.2. The van der Waals surface area contributed by atoms with E-state index in [2.05, 4.69) is 15.6 Å². The number of Topliss-reactive ketones (excluding diaryl/α,β-unsaturated/α-hetero) is 1. The van der Waals surface area contributed by atoms with Crippen LogP contribution in [0.2, 0.25) is 0 Å². The van der Waals surface area contributed by atoms with Crippen molar-refractivity contribution in [2.75, 3.05) is 38.7 Å².